The molecule has 3 nitrogen and oxygen atoms in total. The number of carbonyl (C=O) groups excluding carboxylic acids is 1. The Labute approximate surface area is 104 Å². The highest BCUT2D eigenvalue weighted by Gasteiger charge is 2.20. The lowest BCUT2D eigenvalue weighted by atomic mass is 10.1. The van der Waals surface area contributed by atoms with Crippen LogP contribution in [0.1, 0.15) is 16.8 Å². The Morgan fingerprint density at radius 2 is 2.18 bits per heavy atom. The maximum absolute atomic E-state index is 13.3. The molecule has 0 aromatic heterocycles. The Morgan fingerprint density at radius 3 is 2.82 bits per heavy atom. The fraction of sp³-hybridized carbons (Fsp3) is 0.364. The lowest BCUT2D eigenvalue weighted by Gasteiger charge is -2.11. The summed E-state index contributed by atoms with van der Waals surface area (Å²) in [5, 5.41) is 5.73. The normalized spacial score (nSPS) is 18.6. The molecule has 2 N–H and O–H groups in total. The Hall–Kier alpha value is -1.20. The predicted octanol–water partition coefficient (Wildman–Crippen LogP) is 1.48. The van der Waals surface area contributed by atoms with Crippen molar-refractivity contribution in [2.45, 2.75) is 12.5 Å². The molecule has 1 aliphatic rings. The van der Waals surface area contributed by atoms with Gasteiger partial charge in [0, 0.05) is 12.6 Å². The summed E-state index contributed by atoms with van der Waals surface area (Å²) in [4.78, 5) is 11.6. The molecule has 1 heterocycles. The molecule has 2 rings (SSSR count). The third-order valence-electron chi connectivity index (χ3n) is 2.59. The molecule has 1 saturated heterocycles. The Morgan fingerprint density at radius 1 is 1.41 bits per heavy atom. The van der Waals surface area contributed by atoms with E-state index < -0.39 is 17.5 Å². The van der Waals surface area contributed by atoms with Crippen LogP contribution in [0.2, 0.25) is 0 Å². The van der Waals surface area contributed by atoms with Crippen LogP contribution in [0.3, 0.4) is 0 Å². The second-order valence-electron chi connectivity index (χ2n) is 3.76. The standard InChI is InChI=1S/C11H12F2N2O.ClH/c12-9-3-1-2-8(10(9)13)11(16)15-7-4-5-14-6-7;/h1-3,7,14H,4-6H2,(H,15,16);1H. The first-order valence-corrected chi connectivity index (χ1v) is 5.14. The van der Waals surface area contributed by atoms with Crippen LogP contribution < -0.4 is 10.6 Å². The first kappa shape index (κ1) is 13.9. The van der Waals surface area contributed by atoms with Crippen LogP contribution >= 0.6 is 12.4 Å². The number of rotatable bonds is 2. The number of halogens is 3. The van der Waals surface area contributed by atoms with E-state index in [1.54, 1.807) is 0 Å². The van der Waals surface area contributed by atoms with E-state index >= 15 is 0 Å². The Bertz CT molecular complexity index is 408. The SMILES string of the molecule is Cl.O=C(NC1CCNC1)c1cccc(F)c1F. The van der Waals surface area contributed by atoms with Crippen LogP contribution in [-0.2, 0) is 0 Å². The van der Waals surface area contributed by atoms with Gasteiger partial charge in [0.15, 0.2) is 11.6 Å². The molecule has 1 aromatic rings. The van der Waals surface area contributed by atoms with Crippen molar-refractivity contribution in [3.05, 3.63) is 35.4 Å². The summed E-state index contributed by atoms with van der Waals surface area (Å²) in [6.07, 6.45) is 0.808. The van der Waals surface area contributed by atoms with Crippen molar-refractivity contribution in [2.75, 3.05) is 13.1 Å². The topological polar surface area (TPSA) is 41.1 Å². The molecule has 94 valence electrons. The molecule has 0 aliphatic carbocycles. The number of benzene rings is 1. The molecule has 17 heavy (non-hydrogen) atoms. The third-order valence-corrected chi connectivity index (χ3v) is 2.59. The van der Waals surface area contributed by atoms with Crippen molar-refractivity contribution < 1.29 is 13.6 Å². The molecular weight excluding hydrogens is 250 g/mol. The molecule has 1 atom stereocenters. The second-order valence-corrected chi connectivity index (χ2v) is 3.76. The molecule has 6 heteroatoms. The molecule has 1 aromatic carbocycles. The second kappa shape index (κ2) is 5.93. The highest BCUT2D eigenvalue weighted by molar-refractivity contribution is 5.94. The van der Waals surface area contributed by atoms with Gasteiger partial charge in [-0.15, -0.1) is 12.4 Å². The third kappa shape index (κ3) is 3.14. The molecule has 0 radical (unpaired) electrons. The minimum atomic E-state index is -1.09. The Kier molecular flexibility index (Phi) is 4.84. The van der Waals surface area contributed by atoms with Gasteiger partial charge < -0.3 is 10.6 Å². The van der Waals surface area contributed by atoms with Crippen LogP contribution in [0.4, 0.5) is 8.78 Å². The van der Waals surface area contributed by atoms with E-state index in [0.29, 0.717) is 6.54 Å². The van der Waals surface area contributed by atoms with Gasteiger partial charge >= 0.3 is 0 Å². The fourth-order valence-electron chi connectivity index (χ4n) is 1.72. The van der Waals surface area contributed by atoms with Crippen LogP contribution in [-0.4, -0.2) is 25.0 Å². The van der Waals surface area contributed by atoms with Gasteiger partial charge in [-0.1, -0.05) is 6.07 Å². The first-order valence-electron chi connectivity index (χ1n) is 5.14. The summed E-state index contributed by atoms with van der Waals surface area (Å²) in [5.74, 6) is -2.66. The maximum Gasteiger partial charge on any atom is 0.254 e. The zero-order valence-corrected chi connectivity index (χ0v) is 9.82. The summed E-state index contributed by atoms with van der Waals surface area (Å²) in [6, 6.07) is 3.58. The number of hydrogen-bond acceptors (Lipinski definition) is 2. The molecule has 0 spiro atoms. The van der Waals surface area contributed by atoms with Gasteiger partial charge in [-0.2, -0.15) is 0 Å². The average Bonchev–Trinajstić information content (AvgIpc) is 2.74. The summed E-state index contributed by atoms with van der Waals surface area (Å²) >= 11 is 0. The molecule has 1 fully saturated rings. The molecular formula is C11H13ClF2N2O. The minimum Gasteiger partial charge on any atom is -0.348 e. The molecule has 0 saturated carbocycles. The smallest absolute Gasteiger partial charge is 0.254 e. The Balaban J connectivity index is 0.00000144. The zero-order valence-electron chi connectivity index (χ0n) is 9.00. The van der Waals surface area contributed by atoms with Crippen LogP contribution in [0.5, 0.6) is 0 Å². The fourth-order valence-corrected chi connectivity index (χ4v) is 1.72. The summed E-state index contributed by atoms with van der Waals surface area (Å²) < 4.78 is 26.2. The van der Waals surface area contributed by atoms with E-state index in [9.17, 15) is 13.6 Å². The lowest BCUT2D eigenvalue weighted by molar-refractivity contribution is 0.0935. The van der Waals surface area contributed by atoms with Gasteiger partial charge in [-0.05, 0) is 25.1 Å². The van der Waals surface area contributed by atoms with E-state index in [1.807, 2.05) is 0 Å². The summed E-state index contributed by atoms with van der Waals surface area (Å²) in [6.45, 7) is 1.50. The number of carbonyl (C=O) groups is 1. The van der Waals surface area contributed by atoms with E-state index in [1.165, 1.54) is 12.1 Å². The highest BCUT2D eigenvalue weighted by Crippen LogP contribution is 2.11. The van der Waals surface area contributed by atoms with Crippen LogP contribution in [0.15, 0.2) is 18.2 Å². The average molecular weight is 263 g/mol. The van der Waals surface area contributed by atoms with Crippen molar-refractivity contribution >= 4 is 18.3 Å². The number of amides is 1. The quantitative estimate of drug-likeness (QED) is 0.848. The van der Waals surface area contributed by atoms with E-state index in [4.69, 9.17) is 0 Å². The van der Waals surface area contributed by atoms with Crippen molar-refractivity contribution in [3.63, 3.8) is 0 Å². The van der Waals surface area contributed by atoms with Gasteiger partial charge in [0.2, 0.25) is 0 Å². The van der Waals surface area contributed by atoms with Crippen molar-refractivity contribution in [3.8, 4) is 0 Å². The zero-order chi connectivity index (χ0) is 11.5. The first-order chi connectivity index (χ1) is 7.68. The lowest BCUT2D eigenvalue weighted by Crippen LogP contribution is -2.36. The van der Waals surface area contributed by atoms with Crippen LogP contribution in [0.25, 0.3) is 0 Å². The molecule has 1 unspecified atom stereocenters. The number of nitrogens with one attached hydrogen (secondary N) is 2. The maximum atomic E-state index is 13.3. The molecule has 1 aliphatic heterocycles. The van der Waals surface area contributed by atoms with E-state index in [-0.39, 0.29) is 24.0 Å². The highest BCUT2D eigenvalue weighted by atomic mass is 35.5. The van der Waals surface area contributed by atoms with Crippen molar-refractivity contribution in [1.82, 2.24) is 10.6 Å². The molecule has 1 amide bonds. The molecule has 0 bridgehead atoms. The predicted molar refractivity (Wildman–Crippen MR) is 62.3 cm³/mol. The van der Waals surface area contributed by atoms with Gasteiger partial charge in [0.25, 0.3) is 5.91 Å². The summed E-state index contributed by atoms with van der Waals surface area (Å²) in [5.41, 5.74) is -0.244. The van der Waals surface area contributed by atoms with Gasteiger partial charge in [0.05, 0.1) is 5.56 Å². The van der Waals surface area contributed by atoms with Gasteiger partial charge in [0.1, 0.15) is 0 Å². The van der Waals surface area contributed by atoms with Crippen molar-refractivity contribution in [1.29, 1.82) is 0 Å². The van der Waals surface area contributed by atoms with Gasteiger partial charge in [-0.3, -0.25) is 4.79 Å². The summed E-state index contributed by atoms with van der Waals surface area (Å²) in [7, 11) is 0. The van der Waals surface area contributed by atoms with Crippen molar-refractivity contribution in [2.24, 2.45) is 0 Å². The van der Waals surface area contributed by atoms with Crippen LogP contribution in [0, 0.1) is 11.6 Å². The number of hydrogen-bond donors (Lipinski definition) is 2. The van der Waals surface area contributed by atoms with E-state index in [0.717, 1.165) is 19.0 Å². The largest absolute Gasteiger partial charge is 0.348 e. The monoisotopic (exact) mass is 262 g/mol. The van der Waals surface area contributed by atoms with E-state index in [2.05, 4.69) is 10.6 Å². The minimum absolute atomic E-state index is 0. The van der Waals surface area contributed by atoms with Gasteiger partial charge in [-0.25, -0.2) is 8.78 Å².